The topological polar surface area (TPSA) is 60.4 Å². The Balaban J connectivity index is 1.90. The number of phenolic OH excluding ortho intramolecular Hbond substituents is 1. The quantitative estimate of drug-likeness (QED) is 0.720. The summed E-state index contributed by atoms with van der Waals surface area (Å²) in [7, 11) is 0. The third-order valence-electron chi connectivity index (χ3n) is 3.58. The average molecular weight is 282 g/mol. The predicted octanol–water partition coefficient (Wildman–Crippen LogP) is 3.53. The Bertz CT molecular complexity index is 760. The van der Waals surface area contributed by atoms with Crippen molar-refractivity contribution in [3.8, 4) is 11.5 Å². The zero-order valence-electron chi connectivity index (χ0n) is 11.9. The van der Waals surface area contributed by atoms with Gasteiger partial charge in [-0.3, -0.25) is 0 Å². The summed E-state index contributed by atoms with van der Waals surface area (Å²) in [6, 6.07) is 14.8. The van der Waals surface area contributed by atoms with Gasteiger partial charge in [0.05, 0.1) is 16.9 Å². The number of nitrogens with zero attached hydrogens (tertiary/aromatic N) is 1. The highest BCUT2D eigenvalue weighted by Gasteiger charge is 2.10. The second kappa shape index (κ2) is 5.40. The third-order valence-corrected chi connectivity index (χ3v) is 3.58. The number of ether oxygens (including phenoxy) is 1. The molecule has 0 unspecified atom stereocenters. The molecule has 3 N–H and O–H groups in total. The number of aromatic nitrogens is 1. The Kier molecular flexibility index (Phi) is 3.44. The highest BCUT2D eigenvalue weighted by molar-refractivity contribution is 5.91. The van der Waals surface area contributed by atoms with E-state index in [1.807, 2.05) is 12.1 Å². The largest absolute Gasteiger partial charge is 0.508 e. The van der Waals surface area contributed by atoms with E-state index < -0.39 is 0 Å². The number of phenols is 1. The summed E-state index contributed by atoms with van der Waals surface area (Å²) in [4.78, 5) is 0. The van der Waals surface area contributed by atoms with Crippen molar-refractivity contribution in [2.45, 2.75) is 20.1 Å². The normalized spacial score (nSPS) is 10.9. The maximum Gasteiger partial charge on any atom is 0.128 e. The average Bonchev–Trinajstić information content (AvgIpc) is 2.85. The zero-order chi connectivity index (χ0) is 14.8. The van der Waals surface area contributed by atoms with Gasteiger partial charge in [0.2, 0.25) is 0 Å². The van der Waals surface area contributed by atoms with Crippen LogP contribution in [0.3, 0.4) is 0 Å². The fourth-order valence-electron chi connectivity index (χ4n) is 2.59. The van der Waals surface area contributed by atoms with Crippen molar-refractivity contribution < 1.29 is 9.84 Å². The number of aromatic hydroxyl groups is 1. The number of aryl methyl sites for hydroxylation is 1. The Morgan fingerprint density at radius 1 is 1.14 bits per heavy atom. The van der Waals surface area contributed by atoms with Crippen molar-refractivity contribution >= 4 is 16.6 Å². The SMILES string of the molecule is CCn1c(COc2ccc(O)cc2)cc2cccc(N)c21. The molecule has 0 amide bonds. The maximum absolute atomic E-state index is 9.28. The van der Waals surface area contributed by atoms with Gasteiger partial charge in [-0.2, -0.15) is 0 Å². The molecule has 0 atom stereocenters. The minimum atomic E-state index is 0.234. The number of fused-ring (bicyclic) bond motifs is 1. The molecule has 0 aliphatic carbocycles. The molecule has 0 aliphatic heterocycles. The molecular formula is C17H18N2O2. The summed E-state index contributed by atoms with van der Waals surface area (Å²) in [6.07, 6.45) is 0. The van der Waals surface area contributed by atoms with Gasteiger partial charge in [-0.15, -0.1) is 0 Å². The molecule has 4 heteroatoms. The van der Waals surface area contributed by atoms with E-state index in [9.17, 15) is 5.11 Å². The lowest BCUT2D eigenvalue weighted by molar-refractivity contribution is 0.295. The van der Waals surface area contributed by atoms with Crippen LogP contribution in [0.2, 0.25) is 0 Å². The Labute approximate surface area is 123 Å². The molecule has 4 nitrogen and oxygen atoms in total. The Morgan fingerprint density at radius 3 is 2.62 bits per heavy atom. The third kappa shape index (κ3) is 2.52. The first-order chi connectivity index (χ1) is 10.2. The van der Waals surface area contributed by atoms with Gasteiger partial charge in [-0.05, 0) is 43.3 Å². The summed E-state index contributed by atoms with van der Waals surface area (Å²) < 4.78 is 7.96. The van der Waals surface area contributed by atoms with E-state index in [0.717, 1.165) is 34.6 Å². The van der Waals surface area contributed by atoms with Crippen LogP contribution in [0.4, 0.5) is 5.69 Å². The molecule has 0 fully saturated rings. The molecule has 21 heavy (non-hydrogen) atoms. The van der Waals surface area contributed by atoms with E-state index in [-0.39, 0.29) is 5.75 Å². The van der Waals surface area contributed by atoms with Crippen molar-refractivity contribution in [3.63, 3.8) is 0 Å². The Hall–Kier alpha value is -2.62. The van der Waals surface area contributed by atoms with Gasteiger partial charge >= 0.3 is 0 Å². The summed E-state index contributed by atoms with van der Waals surface area (Å²) in [5, 5.41) is 10.4. The summed E-state index contributed by atoms with van der Waals surface area (Å²) >= 11 is 0. The van der Waals surface area contributed by atoms with Crippen LogP contribution in [0, 0.1) is 0 Å². The van der Waals surface area contributed by atoms with Crippen LogP contribution in [-0.2, 0) is 13.2 Å². The fourth-order valence-corrected chi connectivity index (χ4v) is 2.59. The van der Waals surface area contributed by atoms with Gasteiger partial charge in [0.15, 0.2) is 0 Å². The van der Waals surface area contributed by atoms with E-state index in [2.05, 4.69) is 23.6 Å². The molecule has 0 bridgehead atoms. The van der Waals surface area contributed by atoms with Gasteiger partial charge in [0, 0.05) is 11.9 Å². The van der Waals surface area contributed by atoms with Crippen molar-refractivity contribution in [2.24, 2.45) is 0 Å². The second-order valence-electron chi connectivity index (χ2n) is 4.95. The van der Waals surface area contributed by atoms with Crippen LogP contribution in [0.25, 0.3) is 10.9 Å². The maximum atomic E-state index is 9.28. The number of benzene rings is 2. The standard InChI is InChI=1S/C17H18N2O2/c1-2-19-13(10-12-4-3-5-16(18)17(12)19)11-21-15-8-6-14(20)7-9-15/h3-10,20H,2,11,18H2,1H3. The van der Waals surface area contributed by atoms with Crippen LogP contribution in [0.1, 0.15) is 12.6 Å². The lowest BCUT2D eigenvalue weighted by Gasteiger charge is -2.10. The van der Waals surface area contributed by atoms with E-state index in [0.29, 0.717) is 6.61 Å². The first-order valence-electron chi connectivity index (χ1n) is 6.97. The number of rotatable bonds is 4. The van der Waals surface area contributed by atoms with Crippen LogP contribution in [0.15, 0.2) is 48.5 Å². The molecular weight excluding hydrogens is 264 g/mol. The fraction of sp³-hybridized carbons (Fsp3) is 0.176. The van der Waals surface area contributed by atoms with Crippen LogP contribution in [0.5, 0.6) is 11.5 Å². The smallest absolute Gasteiger partial charge is 0.128 e. The van der Waals surface area contributed by atoms with Gasteiger partial charge in [-0.1, -0.05) is 12.1 Å². The molecule has 3 aromatic rings. The highest BCUT2D eigenvalue weighted by atomic mass is 16.5. The molecule has 0 radical (unpaired) electrons. The van der Waals surface area contributed by atoms with E-state index in [1.165, 1.54) is 0 Å². The van der Waals surface area contributed by atoms with Crippen molar-refractivity contribution in [1.29, 1.82) is 0 Å². The predicted molar refractivity (Wildman–Crippen MR) is 84.5 cm³/mol. The molecule has 0 spiro atoms. The number of anilines is 1. The minimum absolute atomic E-state index is 0.234. The molecule has 108 valence electrons. The van der Waals surface area contributed by atoms with Gasteiger partial charge in [0.1, 0.15) is 18.1 Å². The molecule has 0 aliphatic rings. The molecule has 2 aromatic carbocycles. The molecule has 0 saturated carbocycles. The van der Waals surface area contributed by atoms with Gasteiger partial charge in [0.25, 0.3) is 0 Å². The molecule has 0 saturated heterocycles. The summed E-state index contributed by atoms with van der Waals surface area (Å²) in [5.74, 6) is 0.964. The number of nitrogen functional groups attached to an aromatic ring is 1. The van der Waals surface area contributed by atoms with Crippen molar-refractivity contribution in [2.75, 3.05) is 5.73 Å². The first-order valence-corrected chi connectivity index (χ1v) is 6.97. The Morgan fingerprint density at radius 2 is 1.90 bits per heavy atom. The molecule has 1 aromatic heterocycles. The monoisotopic (exact) mass is 282 g/mol. The van der Waals surface area contributed by atoms with E-state index in [1.54, 1.807) is 24.3 Å². The summed E-state index contributed by atoms with van der Waals surface area (Å²) in [5.41, 5.74) is 9.00. The van der Waals surface area contributed by atoms with E-state index in [4.69, 9.17) is 10.5 Å². The van der Waals surface area contributed by atoms with E-state index >= 15 is 0 Å². The number of hydrogen-bond acceptors (Lipinski definition) is 3. The molecule has 1 heterocycles. The van der Waals surface area contributed by atoms with Crippen molar-refractivity contribution in [3.05, 3.63) is 54.2 Å². The van der Waals surface area contributed by atoms with Crippen LogP contribution >= 0.6 is 0 Å². The zero-order valence-corrected chi connectivity index (χ0v) is 11.9. The van der Waals surface area contributed by atoms with Gasteiger partial charge < -0.3 is 20.1 Å². The first kappa shape index (κ1) is 13.4. The number of nitrogens with two attached hydrogens (primary N) is 1. The summed E-state index contributed by atoms with van der Waals surface area (Å²) in [6.45, 7) is 3.40. The minimum Gasteiger partial charge on any atom is -0.508 e. The van der Waals surface area contributed by atoms with Gasteiger partial charge in [-0.25, -0.2) is 0 Å². The molecule has 3 rings (SSSR count). The second-order valence-corrected chi connectivity index (χ2v) is 4.95. The van der Waals surface area contributed by atoms with Crippen LogP contribution < -0.4 is 10.5 Å². The number of hydrogen-bond donors (Lipinski definition) is 2. The lowest BCUT2D eigenvalue weighted by atomic mass is 10.2. The number of para-hydroxylation sites is 1. The highest BCUT2D eigenvalue weighted by Crippen LogP contribution is 2.26. The lowest BCUT2D eigenvalue weighted by Crippen LogP contribution is -2.05. The van der Waals surface area contributed by atoms with Crippen LogP contribution in [-0.4, -0.2) is 9.67 Å². The van der Waals surface area contributed by atoms with Crippen molar-refractivity contribution in [1.82, 2.24) is 4.57 Å².